The smallest absolute Gasteiger partial charge is 0.323 e. The van der Waals surface area contributed by atoms with Crippen LogP contribution in [0.1, 0.15) is 5.56 Å². The summed E-state index contributed by atoms with van der Waals surface area (Å²) >= 11 is 6.84. The van der Waals surface area contributed by atoms with Gasteiger partial charge in [-0.05, 0) is 46.3 Å². The summed E-state index contributed by atoms with van der Waals surface area (Å²) in [5.41, 5.74) is 2.83. The van der Waals surface area contributed by atoms with E-state index in [0.29, 0.717) is 6.54 Å². The Hall–Kier alpha value is -1.73. The Morgan fingerprint density at radius 2 is 1.81 bits per heavy atom. The van der Waals surface area contributed by atoms with Crippen molar-refractivity contribution < 1.29 is 5.11 Å². The lowest BCUT2D eigenvalue weighted by molar-refractivity contribution is 0.469. The first-order chi connectivity index (χ1) is 10.0. The van der Waals surface area contributed by atoms with Crippen molar-refractivity contribution in [2.45, 2.75) is 6.54 Å². The molecule has 0 aliphatic heterocycles. The van der Waals surface area contributed by atoms with Crippen molar-refractivity contribution in [3.63, 3.8) is 0 Å². The molecule has 0 saturated heterocycles. The molecule has 5 nitrogen and oxygen atoms in total. The molecule has 7 heteroatoms. The minimum absolute atomic E-state index is 0.234. The van der Waals surface area contributed by atoms with Gasteiger partial charge in [-0.25, -0.2) is 4.79 Å². The monoisotopic (exact) mass is 411 g/mol. The maximum Gasteiger partial charge on any atom is 0.323 e. The number of hydrogen-bond acceptors (Lipinski definition) is 3. The van der Waals surface area contributed by atoms with Crippen LogP contribution in [0, 0.1) is 0 Å². The van der Waals surface area contributed by atoms with Gasteiger partial charge >= 0.3 is 5.69 Å². The molecule has 0 amide bonds. The molecule has 0 aliphatic carbocycles. The summed E-state index contributed by atoms with van der Waals surface area (Å²) in [6, 6.07) is 8.95. The summed E-state index contributed by atoms with van der Waals surface area (Å²) in [4.78, 5) is 16.7. The molecule has 0 spiro atoms. The molecule has 0 fully saturated rings. The molecule has 0 bridgehead atoms. The fraction of sp³-hybridized carbons (Fsp3) is 0.0714. The van der Waals surface area contributed by atoms with Crippen LogP contribution in [0.4, 0.5) is 5.69 Å². The Morgan fingerprint density at radius 3 is 2.57 bits per heavy atom. The van der Waals surface area contributed by atoms with Gasteiger partial charge in [-0.1, -0.05) is 15.9 Å². The first-order valence-corrected chi connectivity index (χ1v) is 7.74. The van der Waals surface area contributed by atoms with Crippen molar-refractivity contribution in [2.24, 2.45) is 0 Å². The largest absolute Gasteiger partial charge is 0.508 e. The van der Waals surface area contributed by atoms with Crippen LogP contribution in [0.3, 0.4) is 0 Å². The number of benzene rings is 2. The minimum atomic E-state index is -0.237. The number of anilines is 1. The molecule has 1 aromatic heterocycles. The Balaban J connectivity index is 1.89. The fourth-order valence-electron chi connectivity index (χ4n) is 2.08. The van der Waals surface area contributed by atoms with E-state index in [0.717, 1.165) is 31.2 Å². The maximum absolute atomic E-state index is 11.3. The molecule has 0 unspecified atom stereocenters. The lowest BCUT2D eigenvalue weighted by Crippen LogP contribution is -2.00. The second kappa shape index (κ2) is 5.57. The lowest BCUT2D eigenvalue weighted by Gasteiger charge is -2.10. The van der Waals surface area contributed by atoms with Gasteiger partial charge < -0.3 is 20.4 Å². The summed E-state index contributed by atoms with van der Waals surface area (Å²) in [5, 5.41) is 13.1. The van der Waals surface area contributed by atoms with Crippen LogP contribution < -0.4 is 11.0 Å². The average molecular weight is 413 g/mol. The Labute approximate surface area is 136 Å². The van der Waals surface area contributed by atoms with Gasteiger partial charge in [-0.15, -0.1) is 0 Å². The number of H-pyrrole nitrogens is 2. The number of fused-ring (bicyclic) bond motifs is 1. The van der Waals surface area contributed by atoms with Crippen molar-refractivity contribution >= 4 is 48.6 Å². The quantitative estimate of drug-likeness (QED) is 0.529. The van der Waals surface area contributed by atoms with E-state index in [1.54, 1.807) is 12.1 Å². The molecule has 0 aliphatic rings. The molecule has 3 aromatic rings. The molecule has 0 radical (unpaired) electrons. The number of rotatable bonds is 3. The van der Waals surface area contributed by atoms with E-state index < -0.39 is 0 Å². The number of aromatic nitrogens is 2. The Kier molecular flexibility index (Phi) is 3.77. The highest BCUT2D eigenvalue weighted by atomic mass is 79.9. The van der Waals surface area contributed by atoms with Crippen LogP contribution in [0.2, 0.25) is 0 Å². The average Bonchev–Trinajstić information content (AvgIpc) is 2.78. The fourth-order valence-corrected chi connectivity index (χ4v) is 2.97. The van der Waals surface area contributed by atoms with E-state index in [1.165, 1.54) is 0 Å². The molecule has 21 heavy (non-hydrogen) atoms. The van der Waals surface area contributed by atoms with E-state index in [1.807, 2.05) is 18.2 Å². The molecule has 1 heterocycles. The van der Waals surface area contributed by atoms with Gasteiger partial charge in [-0.2, -0.15) is 0 Å². The van der Waals surface area contributed by atoms with E-state index in [2.05, 4.69) is 47.1 Å². The van der Waals surface area contributed by atoms with Crippen molar-refractivity contribution in [2.75, 3.05) is 5.32 Å². The molecule has 2 aromatic carbocycles. The van der Waals surface area contributed by atoms with Crippen molar-refractivity contribution in [3.05, 3.63) is 55.3 Å². The van der Waals surface area contributed by atoms with Gasteiger partial charge in [-0.3, -0.25) is 0 Å². The van der Waals surface area contributed by atoms with Gasteiger partial charge in [0.2, 0.25) is 0 Å². The van der Waals surface area contributed by atoms with Gasteiger partial charge in [0.25, 0.3) is 0 Å². The zero-order valence-electron chi connectivity index (χ0n) is 10.7. The van der Waals surface area contributed by atoms with Crippen molar-refractivity contribution in [1.82, 2.24) is 9.97 Å². The third-order valence-electron chi connectivity index (χ3n) is 3.11. The van der Waals surface area contributed by atoms with Crippen molar-refractivity contribution in [1.29, 1.82) is 0 Å². The maximum atomic E-state index is 11.3. The third-order valence-corrected chi connectivity index (χ3v) is 4.26. The van der Waals surface area contributed by atoms with Gasteiger partial charge in [0.05, 0.1) is 16.7 Å². The second-order valence-electron chi connectivity index (χ2n) is 4.58. The zero-order chi connectivity index (χ0) is 15.0. The number of halogens is 2. The van der Waals surface area contributed by atoms with E-state index in [4.69, 9.17) is 0 Å². The molecule has 108 valence electrons. The molecule has 4 N–H and O–H groups in total. The van der Waals surface area contributed by atoms with Crippen LogP contribution in [0.25, 0.3) is 11.0 Å². The minimum Gasteiger partial charge on any atom is -0.508 e. The highest BCUT2D eigenvalue weighted by Gasteiger charge is 2.07. The summed E-state index contributed by atoms with van der Waals surface area (Å²) in [7, 11) is 0. The highest BCUT2D eigenvalue weighted by molar-refractivity contribution is 9.10. The van der Waals surface area contributed by atoms with Crippen LogP contribution in [-0.4, -0.2) is 15.1 Å². The van der Waals surface area contributed by atoms with E-state index >= 15 is 0 Å². The number of phenols is 1. The molecular weight excluding hydrogens is 402 g/mol. The zero-order valence-corrected chi connectivity index (χ0v) is 13.9. The van der Waals surface area contributed by atoms with Crippen LogP contribution in [0.15, 0.2) is 44.1 Å². The second-order valence-corrected chi connectivity index (χ2v) is 6.35. The topological polar surface area (TPSA) is 80.9 Å². The van der Waals surface area contributed by atoms with Gasteiger partial charge in [0, 0.05) is 21.1 Å². The first kappa shape index (κ1) is 14.2. The van der Waals surface area contributed by atoms with Crippen LogP contribution in [-0.2, 0) is 6.54 Å². The number of hydrogen-bond donors (Lipinski definition) is 4. The standard InChI is InChI=1S/C14H11Br2N3O2/c15-8-1-2-13(20)7(3-8)6-17-10-5-12-11(4-9(10)16)18-14(21)19-12/h1-5,17,20H,6H2,(H2,18,19,21). The van der Waals surface area contributed by atoms with Crippen molar-refractivity contribution in [3.8, 4) is 5.75 Å². The predicted molar refractivity (Wildman–Crippen MR) is 89.8 cm³/mol. The number of aromatic amines is 2. The van der Waals surface area contributed by atoms with E-state index in [9.17, 15) is 9.90 Å². The van der Waals surface area contributed by atoms with Crippen LogP contribution >= 0.6 is 31.9 Å². The third kappa shape index (κ3) is 2.98. The lowest BCUT2D eigenvalue weighted by atomic mass is 10.2. The Morgan fingerprint density at radius 1 is 1.10 bits per heavy atom. The summed E-state index contributed by atoms with van der Waals surface area (Å²) < 4.78 is 1.74. The number of aromatic hydroxyl groups is 1. The van der Waals surface area contributed by atoms with E-state index in [-0.39, 0.29) is 11.4 Å². The molecule has 3 rings (SSSR count). The first-order valence-electron chi connectivity index (χ1n) is 6.16. The highest BCUT2D eigenvalue weighted by Crippen LogP contribution is 2.28. The number of phenolic OH excluding ortho intramolecular Hbond substituents is 1. The van der Waals surface area contributed by atoms with Gasteiger partial charge in [0.15, 0.2) is 0 Å². The van der Waals surface area contributed by atoms with Gasteiger partial charge in [0.1, 0.15) is 5.75 Å². The molecular formula is C14H11Br2N3O2. The molecule has 0 saturated carbocycles. The summed E-state index contributed by atoms with van der Waals surface area (Å²) in [6.07, 6.45) is 0. The summed E-state index contributed by atoms with van der Waals surface area (Å²) in [5.74, 6) is 0.234. The Bertz CT molecular complexity index is 870. The normalized spacial score (nSPS) is 11.0. The number of nitrogens with one attached hydrogen (secondary N) is 3. The van der Waals surface area contributed by atoms with Crippen LogP contribution in [0.5, 0.6) is 5.75 Å². The SMILES string of the molecule is O=c1[nH]c2cc(Br)c(NCc3cc(Br)ccc3O)cc2[nH]1. The predicted octanol–water partition coefficient (Wildman–Crippen LogP) is 3.70. The number of imidazole rings is 1. The summed E-state index contributed by atoms with van der Waals surface area (Å²) in [6.45, 7) is 0.462. The molecule has 0 atom stereocenters.